The quantitative estimate of drug-likeness (QED) is 0.496. The standard InChI is InChI=1S/C20H25O4P/c1-4-16(2)17-10-12-18(13-11-17)24-25(21,19-8-6-5-7-9-19)23-15-20(3)14-22-20/h5-13,16H,4,14-15H2,1-3H3. The maximum Gasteiger partial charge on any atom is 0.410 e. The summed E-state index contributed by atoms with van der Waals surface area (Å²) in [6, 6.07) is 16.8. The van der Waals surface area contributed by atoms with Crippen molar-refractivity contribution >= 4 is 12.9 Å². The maximum atomic E-state index is 13.4. The van der Waals surface area contributed by atoms with Crippen LogP contribution in [0.3, 0.4) is 0 Å². The molecule has 5 heteroatoms. The largest absolute Gasteiger partial charge is 0.421 e. The summed E-state index contributed by atoms with van der Waals surface area (Å²) in [7, 11) is -3.48. The van der Waals surface area contributed by atoms with E-state index in [0.29, 0.717) is 23.6 Å². The Morgan fingerprint density at radius 2 is 1.80 bits per heavy atom. The highest BCUT2D eigenvalue weighted by Crippen LogP contribution is 2.49. The first kappa shape index (κ1) is 18.2. The Kier molecular flexibility index (Phi) is 5.33. The number of hydrogen-bond acceptors (Lipinski definition) is 4. The Morgan fingerprint density at radius 3 is 2.36 bits per heavy atom. The first-order chi connectivity index (χ1) is 11.9. The van der Waals surface area contributed by atoms with Crippen molar-refractivity contribution in [1.29, 1.82) is 0 Å². The average Bonchev–Trinajstić information content (AvgIpc) is 3.39. The Balaban J connectivity index is 1.80. The fourth-order valence-corrected chi connectivity index (χ4v) is 4.11. The molecule has 0 spiro atoms. The number of rotatable bonds is 8. The van der Waals surface area contributed by atoms with Crippen molar-refractivity contribution in [3.63, 3.8) is 0 Å². The molecule has 0 bridgehead atoms. The average molecular weight is 360 g/mol. The molecule has 4 nitrogen and oxygen atoms in total. The van der Waals surface area contributed by atoms with Crippen LogP contribution in [-0.4, -0.2) is 18.8 Å². The van der Waals surface area contributed by atoms with Gasteiger partial charge in [-0.2, -0.15) is 0 Å². The van der Waals surface area contributed by atoms with E-state index in [1.165, 1.54) is 5.56 Å². The van der Waals surface area contributed by atoms with Gasteiger partial charge in [-0.3, -0.25) is 4.52 Å². The molecule has 0 N–H and O–H groups in total. The summed E-state index contributed by atoms with van der Waals surface area (Å²) in [5.74, 6) is 1.03. The lowest BCUT2D eigenvalue weighted by atomic mass is 9.99. The topological polar surface area (TPSA) is 48.1 Å². The lowest BCUT2D eigenvalue weighted by Crippen LogP contribution is -2.19. The Hall–Kier alpha value is -1.61. The van der Waals surface area contributed by atoms with Gasteiger partial charge in [0.25, 0.3) is 0 Å². The normalized spacial score (nSPS) is 22.8. The van der Waals surface area contributed by atoms with Gasteiger partial charge in [0.2, 0.25) is 0 Å². The van der Waals surface area contributed by atoms with E-state index in [2.05, 4.69) is 13.8 Å². The van der Waals surface area contributed by atoms with Gasteiger partial charge in [0.1, 0.15) is 11.4 Å². The van der Waals surface area contributed by atoms with Crippen LogP contribution in [-0.2, 0) is 13.8 Å². The second-order valence-corrected chi connectivity index (χ2v) is 8.77. The van der Waals surface area contributed by atoms with Gasteiger partial charge in [-0.25, -0.2) is 4.57 Å². The van der Waals surface area contributed by atoms with Crippen molar-refractivity contribution in [3.8, 4) is 5.75 Å². The molecule has 1 heterocycles. The minimum absolute atomic E-state index is 0.240. The van der Waals surface area contributed by atoms with Crippen molar-refractivity contribution < 1.29 is 18.3 Å². The number of epoxide rings is 1. The molecule has 2 aromatic rings. The molecule has 0 saturated carbocycles. The second kappa shape index (κ2) is 7.33. The smallest absolute Gasteiger partial charge is 0.410 e. The van der Waals surface area contributed by atoms with E-state index in [1.807, 2.05) is 49.4 Å². The molecule has 3 rings (SSSR count). The summed E-state index contributed by atoms with van der Waals surface area (Å²) in [6.45, 7) is 7.13. The molecule has 2 aromatic carbocycles. The van der Waals surface area contributed by atoms with Gasteiger partial charge < -0.3 is 9.26 Å². The van der Waals surface area contributed by atoms with Crippen LogP contribution in [0.4, 0.5) is 0 Å². The van der Waals surface area contributed by atoms with Crippen LogP contribution >= 0.6 is 7.60 Å². The third-order valence-electron chi connectivity index (χ3n) is 4.54. The summed E-state index contributed by atoms with van der Waals surface area (Å²) < 4.78 is 30.4. The first-order valence-electron chi connectivity index (χ1n) is 8.68. The molecule has 1 aliphatic heterocycles. The van der Waals surface area contributed by atoms with E-state index >= 15 is 0 Å². The summed E-state index contributed by atoms with van der Waals surface area (Å²) in [6.07, 6.45) is 1.07. The zero-order valence-electron chi connectivity index (χ0n) is 15.0. The van der Waals surface area contributed by atoms with Gasteiger partial charge in [0.15, 0.2) is 0 Å². The zero-order chi connectivity index (χ0) is 17.9. The van der Waals surface area contributed by atoms with Gasteiger partial charge in [-0.1, -0.05) is 44.2 Å². The van der Waals surface area contributed by atoms with E-state index < -0.39 is 7.60 Å². The predicted octanol–water partition coefficient (Wildman–Crippen LogP) is 4.90. The van der Waals surface area contributed by atoms with E-state index in [4.69, 9.17) is 13.8 Å². The SMILES string of the molecule is CCC(C)c1ccc(OP(=O)(OCC2(C)CO2)c2ccccc2)cc1. The predicted molar refractivity (Wildman–Crippen MR) is 99.8 cm³/mol. The summed E-state index contributed by atoms with van der Waals surface area (Å²) in [5.41, 5.74) is 0.887. The molecule has 0 aliphatic carbocycles. The molecule has 1 aliphatic rings. The Bertz CT molecular complexity index is 738. The van der Waals surface area contributed by atoms with E-state index in [9.17, 15) is 4.57 Å². The molecule has 1 saturated heterocycles. The molecule has 3 unspecified atom stereocenters. The zero-order valence-corrected chi connectivity index (χ0v) is 15.9. The summed E-state index contributed by atoms with van der Waals surface area (Å²) in [5, 5.41) is 0.547. The first-order valence-corrected chi connectivity index (χ1v) is 10.2. The van der Waals surface area contributed by atoms with Crippen LogP contribution in [0.15, 0.2) is 54.6 Å². The second-order valence-electron chi connectivity index (χ2n) is 6.81. The molecular formula is C20H25O4P. The van der Waals surface area contributed by atoms with Crippen molar-refractivity contribution in [2.24, 2.45) is 0 Å². The monoisotopic (exact) mass is 360 g/mol. The lowest BCUT2D eigenvalue weighted by Gasteiger charge is -2.21. The minimum atomic E-state index is -3.48. The third kappa shape index (κ3) is 4.52. The Morgan fingerprint density at radius 1 is 1.16 bits per heavy atom. The molecule has 0 amide bonds. The third-order valence-corrected chi connectivity index (χ3v) is 6.39. The van der Waals surface area contributed by atoms with Crippen molar-refractivity contribution in [2.75, 3.05) is 13.2 Å². The molecule has 3 atom stereocenters. The molecular weight excluding hydrogens is 335 g/mol. The van der Waals surface area contributed by atoms with Gasteiger partial charge in [0.05, 0.1) is 18.5 Å². The van der Waals surface area contributed by atoms with Gasteiger partial charge in [-0.05, 0) is 49.1 Å². The number of benzene rings is 2. The highest BCUT2D eigenvalue weighted by atomic mass is 31.2. The van der Waals surface area contributed by atoms with Crippen LogP contribution in [0.5, 0.6) is 5.75 Å². The van der Waals surface area contributed by atoms with Crippen LogP contribution in [0.2, 0.25) is 0 Å². The highest BCUT2D eigenvalue weighted by Gasteiger charge is 2.43. The minimum Gasteiger partial charge on any atom is -0.421 e. The van der Waals surface area contributed by atoms with E-state index in [1.54, 1.807) is 12.1 Å². The van der Waals surface area contributed by atoms with Crippen molar-refractivity contribution in [2.45, 2.75) is 38.7 Å². The maximum absolute atomic E-state index is 13.4. The highest BCUT2D eigenvalue weighted by molar-refractivity contribution is 7.62. The van der Waals surface area contributed by atoms with Gasteiger partial charge >= 0.3 is 7.60 Å². The van der Waals surface area contributed by atoms with Crippen molar-refractivity contribution in [1.82, 2.24) is 0 Å². The molecule has 0 aromatic heterocycles. The molecule has 25 heavy (non-hydrogen) atoms. The fourth-order valence-electron chi connectivity index (χ4n) is 2.42. The number of hydrogen-bond donors (Lipinski definition) is 0. The summed E-state index contributed by atoms with van der Waals surface area (Å²) >= 11 is 0. The van der Waals surface area contributed by atoms with Gasteiger partial charge in [0, 0.05) is 0 Å². The summed E-state index contributed by atoms with van der Waals surface area (Å²) in [4.78, 5) is 0. The molecule has 0 radical (unpaired) electrons. The van der Waals surface area contributed by atoms with Crippen LogP contribution in [0, 0.1) is 0 Å². The van der Waals surface area contributed by atoms with Crippen LogP contribution in [0.25, 0.3) is 0 Å². The lowest BCUT2D eigenvalue weighted by molar-refractivity contribution is 0.189. The fraction of sp³-hybridized carbons (Fsp3) is 0.400. The number of ether oxygens (including phenoxy) is 1. The van der Waals surface area contributed by atoms with Crippen LogP contribution in [0.1, 0.15) is 38.7 Å². The van der Waals surface area contributed by atoms with Crippen molar-refractivity contribution in [3.05, 3.63) is 60.2 Å². The van der Waals surface area contributed by atoms with Crippen LogP contribution < -0.4 is 9.83 Å². The van der Waals surface area contributed by atoms with E-state index in [0.717, 1.165) is 6.42 Å². The van der Waals surface area contributed by atoms with Gasteiger partial charge in [-0.15, -0.1) is 0 Å². The molecule has 1 fully saturated rings. The molecule has 134 valence electrons. The van der Waals surface area contributed by atoms with E-state index in [-0.39, 0.29) is 12.2 Å². The Labute approximate surface area is 149 Å².